The molecule has 2 fully saturated rings. The molecule has 0 N–H and O–H groups in total. The third-order valence-electron chi connectivity index (χ3n) is 5.93. The molecule has 0 spiro atoms. The number of hydrogen-bond donors (Lipinski definition) is 0. The Morgan fingerprint density at radius 1 is 1.20 bits per heavy atom. The minimum absolute atomic E-state index is 0.0869. The van der Waals surface area contributed by atoms with Crippen LogP contribution in [0.5, 0.6) is 0 Å². The first kappa shape index (κ1) is 23.0. The average Bonchev–Trinajstić information content (AvgIpc) is 3.25. The van der Waals surface area contributed by atoms with E-state index in [-0.39, 0.29) is 24.4 Å². The Morgan fingerprint density at radius 2 is 1.83 bits per heavy atom. The number of methoxy groups -OCH3 is 1. The van der Waals surface area contributed by atoms with Crippen molar-refractivity contribution in [2.24, 2.45) is 16.3 Å². The third-order valence-corrected chi connectivity index (χ3v) is 6.18. The number of carbonyl (C=O) groups is 2. The highest BCUT2D eigenvalue weighted by molar-refractivity contribution is 6.30. The molecule has 0 heterocycles. The number of halogens is 1. The van der Waals surface area contributed by atoms with Gasteiger partial charge in [0.25, 0.3) is 5.91 Å². The minimum Gasteiger partial charge on any atom is -0.460 e. The maximum atomic E-state index is 13.3. The number of amides is 1. The van der Waals surface area contributed by atoms with Crippen LogP contribution in [-0.2, 0) is 19.1 Å². The first-order chi connectivity index (χ1) is 14.1. The summed E-state index contributed by atoms with van der Waals surface area (Å²) >= 11 is 5.97. The van der Waals surface area contributed by atoms with E-state index >= 15 is 0 Å². The molecule has 164 valence electrons. The average molecular weight is 434 g/mol. The SMILES string of the molecule is COCC(CC1(C(=O)N=C2C[C@H]2c2ccc(Cl)cc2)CCCC1)C(=O)OC(C)(C)C. The van der Waals surface area contributed by atoms with E-state index in [2.05, 4.69) is 4.99 Å². The zero-order valence-electron chi connectivity index (χ0n) is 18.4. The second kappa shape index (κ2) is 9.19. The van der Waals surface area contributed by atoms with Gasteiger partial charge < -0.3 is 9.47 Å². The van der Waals surface area contributed by atoms with E-state index in [9.17, 15) is 9.59 Å². The summed E-state index contributed by atoms with van der Waals surface area (Å²) in [6, 6.07) is 7.71. The number of hydrogen-bond acceptors (Lipinski definition) is 4. The van der Waals surface area contributed by atoms with Crippen molar-refractivity contribution in [3.05, 3.63) is 34.9 Å². The van der Waals surface area contributed by atoms with Crippen molar-refractivity contribution in [3.8, 4) is 0 Å². The maximum absolute atomic E-state index is 13.3. The molecule has 0 radical (unpaired) electrons. The zero-order chi connectivity index (χ0) is 21.9. The van der Waals surface area contributed by atoms with Crippen molar-refractivity contribution in [1.29, 1.82) is 0 Å². The van der Waals surface area contributed by atoms with E-state index in [1.165, 1.54) is 0 Å². The van der Waals surface area contributed by atoms with Crippen molar-refractivity contribution in [2.45, 2.75) is 70.8 Å². The molecule has 1 aromatic rings. The molecule has 5 nitrogen and oxygen atoms in total. The lowest BCUT2D eigenvalue weighted by atomic mass is 9.77. The molecule has 2 atom stereocenters. The van der Waals surface area contributed by atoms with E-state index in [4.69, 9.17) is 21.1 Å². The van der Waals surface area contributed by atoms with Gasteiger partial charge in [-0.15, -0.1) is 0 Å². The molecule has 30 heavy (non-hydrogen) atoms. The summed E-state index contributed by atoms with van der Waals surface area (Å²) in [6.07, 6.45) is 4.71. The topological polar surface area (TPSA) is 65.0 Å². The fourth-order valence-corrected chi connectivity index (χ4v) is 4.48. The van der Waals surface area contributed by atoms with Crippen molar-refractivity contribution >= 4 is 29.2 Å². The van der Waals surface area contributed by atoms with Crippen molar-refractivity contribution < 1.29 is 19.1 Å². The summed E-state index contributed by atoms with van der Waals surface area (Å²) in [5, 5.41) is 0.699. The standard InChI is InChI=1S/C24H32ClNO4/c1-23(2,3)30-21(27)17(15-29-4)14-24(11-5-6-12-24)22(28)26-20-13-19(20)16-7-9-18(25)10-8-16/h7-10,17,19H,5-6,11-15H2,1-4H3/t17?,19-/m0/s1. The van der Waals surface area contributed by atoms with Crippen LogP contribution in [0.15, 0.2) is 29.3 Å². The van der Waals surface area contributed by atoms with Crippen molar-refractivity contribution in [1.82, 2.24) is 0 Å². The highest BCUT2D eigenvalue weighted by Gasteiger charge is 2.46. The number of rotatable bonds is 7. The lowest BCUT2D eigenvalue weighted by molar-refractivity contribution is -0.163. The Kier molecular flexibility index (Phi) is 7.03. The Morgan fingerprint density at radius 3 is 2.40 bits per heavy atom. The van der Waals surface area contributed by atoms with Crippen LogP contribution in [0.3, 0.4) is 0 Å². The maximum Gasteiger partial charge on any atom is 0.311 e. The molecule has 2 aliphatic rings. The predicted octanol–water partition coefficient (Wildman–Crippen LogP) is 5.35. The lowest BCUT2D eigenvalue weighted by Crippen LogP contribution is -2.37. The minimum atomic E-state index is -0.597. The summed E-state index contributed by atoms with van der Waals surface area (Å²) in [6.45, 7) is 5.79. The summed E-state index contributed by atoms with van der Waals surface area (Å²) in [5.74, 6) is -0.661. The van der Waals surface area contributed by atoms with Crippen LogP contribution in [0, 0.1) is 11.3 Å². The van der Waals surface area contributed by atoms with Gasteiger partial charge in [0.05, 0.1) is 17.9 Å². The smallest absolute Gasteiger partial charge is 0.311 e. The predicted molar refractivity (Wildman–Crippen MR) is 118 cm³/mol. The van der Waals surface area contributed by atoms with Gasteiger partial charge >= 0.3 is 5.97 Å². The van der Waals surface area contributed by atoms with Crippen LogP contribution in [0.2, 0.25) is 5.02 Å². The summed E-state index contributed by atoms with van der Waals surface area (Å²) in [7, 11) is 1.57. The summed E-state index contributed by atoms with van der Waals surface area (Å²) < 4.78 is 10.9. The van der Waals surface area contributed by atoms with Gasteiger partial charge in [-0.05, 0) is 64.2 Å². The Bertz CT molecular complexity index is 803. The normalized spacial score (nSPS) is 22.7. The van der Waals surface area contributed by atoms with Gasteiger partial charge in [0.15, 0.2) is 0 Å². The molecule has 0 saturated heterocycles. The van der Waals surface area contributed by atoms with Gasteiger partial charge in [0, 0.05) is 23.8 Å². The molecule has 3 rings (SSSR count). The molecular weight excluding hydrogens is 402 g/mol. The molecule has 6 heteroatoms. The first-order valence-corrected chi connectivity index (χ1v) is 11.1. The van der Waals surface area contributed by atoms with Crippen LogP contribution in [0.25, 0.3) is 0 Å². The molecule has 1 unspecified atom stereocenters. The number of esters is 1. The van der Waals surface area contributed by atoms with Gasteiger partial charge in [-0.3, -0.25) is 9.59 Å². The van der Waals surface area contributed by atoms with Gasteiger partial charge in [0.2, 0.25) is 0 Å². The second-order valence-electron chi connectivity index (χ2n) is 9.59. The largest absolute Gasteiger partial charge is 0.460 e. The van der Waals surface area contributed by atoms with Crippen LogP contribution >= 0.6 is 11.6 Å². The molecule has 2 saturated carbocycles. The van der Waals surface area contributed by atoms with Crippen molar-refractivity contribution in [2.75, 3.05) is 13.7 Å². The molecule has 1 amide bonds. The fourth-order valence-electron chi connectivity index (χ4n) is 4.35. The number of carbonyl (C=O) groups excluding carboxylic acids is 2. The van der Waals surface area contributed by atoms with Crippen LogP contribution in [0.1, 0.15) is 70.8 Å². The Hall–Kier alpha value is -1.72. The van der Waals surface area contributed by atoms with E-state index < -0.39 is 16.9 Å². The fraction of sp³-hybridized carbons (Fsp3) is 0.625. The van der Waals surface area contributed by atoms with Gasteiger partial charge in [0.1, 0.15) is 5.60 Å². The first-order valence-electron chi connectivity index (χ1n) is 10.7. The number of nitrogens with zero attached hydrogens (tertiary/aromatic N) is 1. The highest BCUT2D eigenvalue weighted by Crippen LogP contribution is 2.46. The van der Waals surface area contributed by atoms with Gasteiger partial charge in [-0.25, -0.2) is 4.99 Å². The molecule has 2 aliphatic carbocycles. The highest BCUT2D eigenvalue weighted by atomic mass is 35.5. The van der Waals surface area contributed by atoms with E-state index in [0.29, 0.717) is 11.4 Å². The molecule has 0 aliphatic heterocycles. The third kappa shape index (κ3) is 5.70. The van der Waals surface area contributed by atoms with E-state index in [0.717, 1.165) is 43.4 Å². The molecule has 0 aromatic heterocycles. The van der Waals surface area contributed by atoms with Gasteiger partial charge in [-0.1, -0.05) is 36.6 Å². The van der Waals surface area contributed by atoms with E-state index in [1.807, 2.05) is 45.0 Å². The van der Waals surface area contributed by atoms with E-state index in [1.54, 1.807) is 7.11 Å². The molecule has 1 aromatic carbocycles. The van der Waals surface area contributed by atoms with Crippen LogP contribution < -0.4 is 0 Å². The Balaban J connectivity index is 1.74. The lowest BCUT2D eigenvalue weighted by Gasteiger charge is -2.30. The zero-order valence-corrected chi connectivity index (χ0v) is 19.1. The number of aliphatic imine (C=N–C) groups is 1. The molecular formula is C24H32ClNO4. The number of ether oxygens (including phenoxy) is 2. The van der Waals surface area contributed by atoms with Crippen LogP contribution in [-0.4, -0.2) is 36.9 Å². The molecule has 0 bridgehead atoms. The second-order valence-corrected chi connectivity index (χ2v) is 10.0. The quantitative estimate of drug-likeness (QED) is 0.543. The van der Waals surface area contributed by atoms with Crippen molar-refractivity contribution in [3.63, 3.8) is 0 Å². The summed E-state index contributed by atoms with van der Waals surface area (Å²) in [4.78, 5) is 30.6. The monoisotopic (exact) mass is 433 g/mol. The number of benzene rings is 1. The Labute approximate surface area is 184 Å². The van der Waals surface area contributed by atoms with Gasteiger partial charge in [-0.2, -0.15) is 0 Å². The summed E-state index contributed by atoms with van der Waals surface area (Å²) in [5.41, 5.74) is 0.891. The van der Waals surface area contributed by atoms with Crippen LogP contribution in [0.4, 0.5) is 0 Å².